The minimum absolute atomic E-state index is 0.0390. The van der Waals surface area contributed by atoms with Crippen LogP contribution in [0.15, 0.2) is 17.5 Å². The van der Waals surface area contributed by atoms with Gasteiger partial charge in [0.25, 0.3) is 5.91 Å². The van der Waals surface area contributed by atoms with Gasteiger partial charge in [0.2, 0.25) is 0 Å². The Morgan fingerprint density at radius 2 is 2.15 bits per heavy atom. The zero-order valence-corrected chi connectivity index (χ0v) is 16.8. The highest BCUT2D eigenvalue weighted by Gasteiger charge is 2.52. The second-order valence-electron chi connectivity index (χ2n) is 8.30. The number of ether oxygens (including phenoxy) is 1. The van der Waals surface area contributed by atoms with Crippen molar-refractivity contribution in [1.82, 2.24) is 15.1 Å². The lowest BCUT2D eigenvalue weighted by atomic mass is 9.77. The maximum atomic E-state index is 13.2. The number of nitrogens with zero attached hydrogens (tertiary/aromatic N) is 2. The molecule has 1 aromatic heterocycles. The van der Waals surface area contributed by atoms with E-state index in [1.54, 1.807) is 11.3 Å². The number of urea groups is 1. The van der Waals surface area contributed by atoms with Crippen LogP contribution in [-0.2, 0) is 16.1 Å². The molecule has 1 aliphatic carbocycles. The molecule has 0 aromatic carbocycles. The lowest BCUT2D eigenvalue weighted by Gasteiger charge is -2.34. The molecular formula is C20H29N3O3S. The Kier molecular flexibility index (Phi) is 5.53. The van der Waals surface area contributed by atoms with E-state index in [9.17, 15) is 9.59 Å². The quantitative estimate of drug-likeness (QED) is 0.757. The smallest absolute Gasteiger partial charge is 0.326 e. The van der Waals surface area contributed by atoms with Crippen molar-refractivity contribution in [2.24, 2.45) is 5.92 Å². The van der Waals surface area contributed by atoms with Gasteiger partial charge in [0.15, 0.2) is 0 Å². The summed E-state index contributed by atoms with van der Waals surface area (Å²) in [5.74, 6) is 0.590. The van der Waals surface area contributed by atoms with Gasteiger partial charge in [-0.15, -0.1) is 11.3 Å². The first-order valence-electron chi connectivity index (χ1n) is 10.1. The second-order valence-corrected chi connectivity index (χ2v) is 9.33. The van der Waals surface area contributed by atoms with Crippen molar-refractivity contribution < 1.29 is 14.3 Å². The molecule has 1 aromatic rings. The van der Waals surface area contributed by atoms with Gasteiger partial charge < -0.3 is 10.1 Å². The van der Waals surface area contributed by atoms with Crippen LogP contribution in [0.25, 0.3) is 0 Å². The third-order valence-electron chi connectivity index (χ3n) is 6.16. The summed E-state index contributed by atoms with van der Waals surface area (Å²) in [5.41, 5.74) is -0.665. The summed E-state index contributed by atoms with van der Waals surface area (Å²) in [4.78, 5) is 30.7. The van der Waals surface area contributed by atoms with Crippen molar-refractivity contribution in [3.05, 3.63) is 22.4 Å². The Balaban J connectivity index is 1.46. The first-order valence-corrected chi connectivity index (χ1v) is 10.9. The highest BCUT2D eigenvalue weighted by Crippen LogP contribution is 2.36. The third-order valence-corrected chi connectivity index (χ3v) is 7.02. The van der Waals surface area contributed by atoms with Crippen LogP contribution in [0.4, 0.5) is 4.79 Å². The number of carbonyl (C=O) groups excluding carboxylic acids is 2. The molecule has 1 atom stereocenters. The Bertz CT molecular complexity index is 664. The lowest BCUT2D eigenvalue weighted by Crippen LogP contribution is -2.50. The maximum Gasteiger partial charge on any atom is 0.326 e. The lowest BCUT2D eigenvalue weighted by molar-refractivity contribution is -0.134. The van der Waals surface area contributed by atoms with E-state index in [1.165, 1.54) is 9.78 Å². The molecule has 1 unspecified atom stereocenters. The number of hydrogen-bond acceptors (Lipinski definition) is 5. The number of imide groups is 1. The molecule has 3 amide bonds. The summed E-state index contributed by atoms with van der Waals surface area (Å²) < 4.78 is 5.80. The Labute approximate surface area is 164 Å². The fourth-order valence-corrected chi connectivity index (χ4v) is 5.22. The van der Waals surface area contributed by atoms with Crippen LogP contribution in [0.3, 0.4) is 0 Å². The maximum absolute atomic E-state index is 13.2. The molecule has 7 heteroatoms. The van der Waals surface area contributed by atoms with E-state index < -0.39 is 5.54 Å². The van der Waals surface area contributed by atoms with Gasteiger partial charge in [-0.05, 0) is 55.9 Å². The number of amides is 3. The predicted molar refractivity (Wildman–Crippen MR) is 104 cm³/mol. The average molecular weight is 392 g/mol. The van der Waals surface area contributed by atoms with Gasteiger partial charge in [-0.3, -0.25) is 9.69 Å². The van der Waals surface area contributed by atoms with Crippen LogP contribution in [0.5, 0.6) is 0 Å². The Morgan fingerprint density at radius 3 is 2.81 bits per heavy atom. The first kappa shape index (κ1) is 18.9. The molecule has 3 aliphatic rings. The molecule has 2 aliphatic heterocycles. The molecular weight excluding hydrogens is 362 g/mol. The molecule has 1 saturated carbocycles. The summed E-state index contributed by atoms with van der Waals surface area (Å²) in [5, 5.41) is 5.09. The van der Waals surface area contributed by atoms with E-state index in [0.29, 0.717) is 12.6 Å². The average Bonchev–Trinajstić information content (AvgIpc) is 3.38. The monoisotopic (exact) mass is 391 g/mol. The molecule has 4 rings (SSSR count). The van der Waals surface area contributed by atoms with Crippen LogP contribution in [-0.4, -0.2) is 53.2 Å². The van der Waals surface area contributed by atoms with Crippen LogP contribution >= 0.6 is 11.3 Å². The summed E-state index contributed by atoms with van der Waals surface area (Å²) in [7, 11) is 0. The van der Waals surface area contributed by atoms with Gasteiger partial charge in [-0.1, -0.05) is 13.0 Å². The van der Waals surface area contributed by atoms with Crippen molar-refractivity contribution in [2.75, 3.05) is 19.8 Å². The normalized spacial score (nSPS) is 31.3. The van der Waals surface area contributed by atoms with Gasteiger partial charge in [-0.2, -0.15) is 0 Å². The summed E-state index contributed by atoms with van der Waals surface area (Å²) in [6.07, 6.45) is 5.82. The highest BCUT2D eigenvalue weighted by molar-refractivity contribution is 7.09. The number of carbonyl (C=O) groups is 2. The molecule has 3 fully saturated rings. The van der Waals surface area contributed by atoms with Crippen LogP contribution in [0, 0.1) is 5.92 Å². The van der Waals surface area contributed by atoms with Gasteiger partial charge in [-0.25, -0.2) is 9.69 Å². The molecule has 3 heterocycles. The van der Waals surface area contributed by atoms with Gasteiger partial charge >= 0.3 is 6.03 Å². The van der Waals surface area contributed by atoms with Crippen molar-refractivity contribution in [1.29, 1.82) is 0 Å². The van der Waals surface area contributed by atoms with Gasteiger partial charge in [0, 0.05) is 24.6 Å². The highest BCUT2D eigenvalue weighted by atomic mass is 32.1. The molecule has 0 radical (unpaired) electrons. The fourth-order valence-electron chi connectivity index (χ4n) is 4.47. The standard InChI is InChI=1S/C20H29N3O3S/c1-15-6-8-20(9-7-15)18(24)23(19(25)21-20)14-22(12-16-4-2-10-26-16)13-17-5-3-11-27-17/h3,5,11,15-16H,2,4,6-10,12-14H2,1H3,(H,21,25). The molecule has 0 bridgehead atoms. The van der Waals surface area contributed by atoms with E-state index >= 15 is 0 Å². The Hall–Kier alpha value is -1.44. The minimum atomic E-state index is -0.665. The van der Waals surface area contributed by atoms with Crippen LogP contribution in [0.2, 0.25) is 0 Å². The number of rotatable bonds is 6. The third kappa shape index (κ3) is 4.05. The van der Waals surface area contributed by atoms with E-state index in [-0.39, 0.29) is 18.0 Å². The van der Waals surface area contributed by atoms with E-state index in [4.69, 9.17) is 4.74 Å². The van der Waals surface area contributed by atoms with Crippen molar-refractivity contribution >= 4 is 23.3 Å². The van der Waals surface area contributed by atoms with Gasteiger partial charge in [0.05, 0.1) is 12.8 Å². The van der Waals surface area contributed by atoms with E-state index in [2.05, 4.69) is 28.6 Å². The molecule has 27 heavy (non-hydrogen) atoms. The van der Waals surface area contributed by atoms with Crippen molar-refractivity contribution in [3.63, 3.8) is 0 Å². The predicted octanol–water partition coefficient (Wildman–Crippen LogP) is 3.19. The summed E-state index contributed by atoms with van der Waals surface area (Å²) in [6, 6.07) is 3.90. The fraction of sp³-hybridized carbons (Fsp3) is 0.700. The van der Waals surface area contributed by atoms with Crippen molar-refractivity contribution in [2.45, 2.75) is 63.6 Å². The summed E-state index contributed by atoms with van der Waals surface area (Å²) in [6.45, 7) is 4.84. The number of nitrogens with one attached hydrogen (secondary N) is 1. The molecule has 1 spiro atoms. The van der Waals surface area contributed by atoms with Crippen molar-refractivity contribution in [3.8, 4) is 0 Å². The largest absolute Gasteiger partial charge is 0.377 e. The van der Waals surface area contributed by atoms with Crippen LogP contribution < -0.4 is 5.32 Å². The molecule has 1 N–H and O–H groups in total. The minimum Gasteiger partial charge on any atom is -0.377 e. The zero-order chi connectivity index (χ0) is 18.9. The van der Waals surface area contributed by atoms with Gasteiger partial charge in [0.1, 0.15) is 5.54 Å². The van der Waals surface area contributed by atoms with E-state index in [1.807, 2.05) is 6.07 Å². The van der Waals surface area contributed by atoms with Crippen LogP contribution in [0.1, 0.15) is 50.3 Å². The topological polar surface area (TPSA) is 61.9 Å². The molecule has 2 saturated heterocycles. The molecule has 6 nitrogen and oxygen atoms in total. The SMILES string of the molecule is CC1CCC2(CC1)NC(=O)N(CN(Cc1cccs1)CC1CCCO1)C2=O. The molecule has 148 valence electrons. The summed E-state index contributed by atoms with van der Waals surface area (Å²) >= 11 is 1.70. The number of thiophene rings is 1. The zero-order valence-electron chi connectivity index (χ0n) is 16.0. The first-order chi connectivity index (χ1) is 13.1. The number of hydrogen-bond donors (Lipinski definition) is 1. The Morgan fingerprint density at radius 1 is 1.33 bits per heavy atom. The second kappa shape index (κ2) is 7.89. The van der Waals surface area contributed by atoms with E-state index in [0.717, 1.165) is 58.2 Å².